The maximum absolute atomic E-state index is 12.1. The largest absolute Gasteiger partial charge is 0.550 e. The fourth-order valence-corrected chi connectivity index (χ4v) is 3.87. The summed E-state index contributed by atoms with van der Waals surface area (Å²) in [6.45, 7) is 2.63. The van der Waals surface area contributed by atoms with Gasteiger partial charge in [0.25, 0.3) is 0 Å². The van der Waals surface area contributed by atoms with Crippen molar-refractivity contribution in [2.75, 3.05) is 27.7 Å². The minimum absolute atomic E-state index is 0. The zero-order valence-corrected chi connectivity index (χ0v) is 21.9. The third kappa shape index (κ3) is 23.8. The third-order valence-corrected chi connectivity index (χ3v) is 5.49. The summed E-state index contributed by atoms with van der Waals surface area (Å²) in [6, 6.07) is 0. The topological polar surface area (TPSA) is 86.7 Å². The predicted molar refractivity (Wildman–Crippen MR) is 131 cm³/mol. The zero-order valence-electron chi connectivity index (χ0n) is 21.1. The van der Waals surface area contributed by atoms with Gasteiger partial charge in [-0.25, -0.2) is 0 Å². The van der Waals surface area contributed by atoms with Gasteiger partial charge in [0.2, 0.25) is 0 Å². The van der Waals surface area contributed by atoms with Crippen molar-refractivity contribution in [3.05, 3.63) is 0 Å². The van der Waals surface area contributed by atoms with Crippen molar-refractivity contribution in [1.82, 2.24) is 0 Å². The van der Waals surface area contributed by atoms with E-state index in [1.54, 1.807) is 0 Å². The second kappa shape index (κ2) is 20.7. The minimum atomic E-state index is -1.24. The molecule has 1 N–H and O–H groups in total. The van der Waals surface area contributed by atoms with Crippen molar-refractivity contribution in [2.24, 2.45) is 0 Å². The highest BCUT2D eigenvalue weighted by Crippen LogP contribution is 2.14. The first-order valence-corrected chi connectivity index (χ1v) is 12.5. The number of aliphatic hydroxyl groups is 1. The molecule has 192 valence electrons. The molecule has 0 fully saturated rings. The molecule has 2 atom stereocenters. The van der Waals surface area contributed by atoms with Gasteiger partial charge in [-0.2, -0.15) is 0 Å². The number of rotatable bonds is 21. The maximum Gasteiger partial charge on any atom is 0.308 e. The molecule has 0 aromatic heterocycles. The Morgan fingerprint density at radius 1 is 0.812 bits per heavy atom. The van der Waals surface area contributed by atoms with E-state index < -0.39 is 24.1 Å². The molecule has 7 heteroatoms. The van der Waals surface area contributed by atoms with E-state index in [1.165, 1.54) is 70.6 Å². The summed E-state index contributed by atoms with van der Waals surface area (Å²) < 4.78 is 5.77. The summed E-state index contributed by atoms with van der Waals surface area (Å²) in [7, 11) is 5.71. The molecule has 0 aliphatic carbocycles. The molecule has 0 saturated heterocycles. The summed E-state index contributed by atoms with van der Waals surface area (Å²) in [5.41, 5.74) is 0. The van der Waals surface area contributed by atoms with Gasteiger partial charge in [0.1, 0.15) is 6.54 Å². The Kier molecular flexibility index (Phi) is 21.6. The number of halogens is 1. The number of unbranched alkanes of at least 4 members (excludes halogenated alkanes) is 12. The van der Waals surface area contributed by atoms with Crippen LogP contribution in [0, 0.1) is 0 Å². The van der Waals surface area contributed by atoms with Crippen LogP contribution in [0.2, 0.25) is 0 Å². The molecule has 0 spiro atoms. The Hall–Kier alpha value is -0.850. The van der Waals surface area contributed by atoms with Crippen LogP contribution < -0.4 is 5.11 Å². The lowest BCUT2D eigenvalue weighted by Crippen LogP contribution is -2.45. The fraction of sp³-hybridized carbons (Fsp3) is 0.920. The molecular formula is C25H50ClNO5. The van der Waals surface area contributed by atoms with Gasteiger partial charge in [-0.15, -0.1) is 12.4 Å². The first-order chi connectivity index (χ1) is 14.6. The molecule has 0 aromatic rings. The van der Waals surface area contributed by atoms with Crippen molar-refractivity contribution < 1.29 is 29.0 Å². The van der Waals surface area contributed by atoms with Crippen LogP contribution in [0.5, 0.6) is 0 Å². The number of hydrogen-bond donors (Lipinski definition) is 1. The zero-order chi connectivity index (χ0) is 23.5. The normalized spacial score (nSPS) is 13.3. The minimum Gasteiger partial charge on any atom is -0.550 e. The molecule has 0 amide bonds. The Labute approximate surface area is 203 Å². The fourth-order valence-electron chi connectivity index (χ4n) is 3.87. The molecule has 0 heterocycles. The predicted octanol–water partition coefficient (Wildman–Crippen LogP) is 4.40. The van der Waals surface area contributed by atoms with Crippen LogP contribution >= 0.6 is 12.4 Å². The number of likely N-dealkylation sites (N-methyl/N-ethyl adjacent to an activating group) is 1. The number of nitrogens with zero attached hydrogens (tertiary/aromatic N) is 1. The molecule has 0 rings (SSSR count). The van der Waals surface area contributed by atoms with Gasteiger partial charge >= 0.3 is 5.97 Å². The average molecular weight is 480 g/mol. The summed E-state index contributed by atoms with van der Waals surface area (Å²) in [5, 5.41) is 21.0. The lowest BCUT2D eigenvalue weighted by Gasteiger charge is -2.29. The van der Waals surface area contributed by atoms with Crippen LogP contribution in [0.25, 0.3) is 0 Å². The van der Waals surface area contributed by atoms with Gasteiger partial charge in [-0.3, -0.25) is 4.79 Å². The van der Waals surface area contributed by atoms with E-state index in [-0.39, 0.29) is 25.2 Å². The maximum atomic E-state index is 12.1. The van der Waals surface area contributed by atoms with E-state index in [9.17, 15) is 19.8 Å². The van der Waals surface area contributed by atoms with Crippen LogP contribution in [0.1, 0.15) is 110 Å². The van der Waals surface area contributed by atoms with Crippen LogP contribution in [0.15, 0.2) is 0 Å². The second-order valence-corrected chi connectivity index (χ2v) is 10.1. The highest BCUT2D eigenvalue weighted by molar-refractivity contribution is 5.85. The molecule has 0 aliphatic heterocycles. The monoisotopic (exact) mass is 479 g/mol. The average Bonchev–Trinajstić information content (AvgIpc) is 2.63. The van der Waals surface area contributed by atoms with Gasteiger partial charge in [0.15, 0.2) is 6.10 Å². The molecule has 0 aromatic carbocycles. The summed E-state index contributed by atoms with van der Waals surface area (Å²) in [6.07, 6.45) is 15.2. The molecular weight excluding hydrogens is 430 g/mol. The van der Waals surface area contributed by atoms with Crippen molar-refractivity contribution in [2.45, 2.75) is 122 Å². The van der Waals surface area contributed by atoms with Crippen LogP contribution in [0.3, 0.4) is 0 Å². The molecule has 0 radical (unpaired) electrons. The van der Waals surface area contributed by atoms with Crippen LogP contribution in [-0.4, -0.2) is 61.4 Å². The SMILES string of the molecule is CCCCCCCCCCCCCCCC(O)CC(=O)O[C@@H](CC(=O)[O-])C[N+](C)(C)C.Cl. The summed E-state index contributed by atoms with van der Waals surface area (Å²) in [5.74, 6) is -1.78. The van der Waals surface area contributed by atoms with Crippen molar-refractivity contribution in [3.63, 3.8) is 0 Å². The quantitative estimate of drug-likeness (QED) is 0.150. The molecule has 6 nitrogen and oxygen atoms in total. The molecule has 0 aliphatic rings. The first kappa shape index (κ1) is 33.3. The van der Waals surface area contributed by atoms with Gasteiger partial charge in [-0.1, -0.05) is 90.4 Å². The number of esters is 1. The van der Waals surface area contributed by atoms with E-state index in [4.69, 9.17) is 4.74 Å². The number of aliphatic carboxylic acids is 1. The van der Waals surface area contributed by atoms with E-state index >= 15 is 0 Å². The molecule has 0 bridgehead atoms. The van der Waals surface area contributed by atoms with Crippen molar-refractivity contribution >= 4 is 24.3 Å². The third-order valence-electron chi connectivity index (χ3n) is 5.49. The number of carboxylic acid groups (broad SMARTS) is 1. The molecule has 1 unspecified atom stereocenters. The standard InChI is InChI=1S/C25H49NO5.ClH/c1-5-6-7-8-9-10-11-12-13-14-15-16-17-18-22(27)19-25(30)31-23(20-24(28)29)21-26(2,3)4;/h22-23,27H,5-21H2,1-4H3;1H/t22?,23-;/m0./s1. The lowest BCUT2D eigenvalue weighted by atomic mass is 10.0. The number of carboxylic acids is 1. The second-order valence-electron chi connectivity index (χ2n) is 10.1. The first-order valence-electron chi connectivity index (χ1n) is 12.5. The number of carbonyl (C=O) groups excluding carboxylic acids is 2. The van der Waals surface area contributed by atoms with Gasteiger partial charge in [-0.05, 0) is 6.42 Å². The van der Waals surface area contributed by atoms with Crippen LogP contribution in [-0.2, 0) is 14.3 Å². The molecule has 0 saturated carbocycles. The number of ether oxygens (including phenoxy) is 1. The van der Waals surface area contributed by atoms with E-state index in [2.05, 4.69) is 6.92 Å². The van der Waals surface area contributed by atoms with E-state index in [0.29, 0.717) is 17.4 Å². The van der Waals surface area contributed by atoms with Crippen molar-refractivity contribution in [3.8, 4) is 0 Å². The van der Waals surface area contributed by atoms with Crippen LogP contribution in [0.4, 0.5) is 0 Å². The number of aliphatic hydroxyl groups excluding tert-OH is 1. The van der Waals surface area contributed by atoms with Gasteiger partial charge in [0, 0.05) is 12.4 Å². The number of hydrogen-bond acceptors (Lipinski definition) is 5. The van der Waals surface area contributed by atoms with E-state index in [0.717, 1.165) is 12.8 Å². The molecule has 32 heavy (non-hydrogen) atoms. The smallest absolute Gasteiger partial charge is 0.308 e. The van der Waals surface area contributed by atoms with Crippen molar-refractivity contribution in [1.29, 1.82) is 0 Å². The Morgan fingerprint density at radius 3 is 1.66 bits per heavy atom. The lowest BCUT2D eigenvalue weighted by molar-refractivity contribution is -0.873. The van der Waals surface area contributed by atoms with Gasteiger partial charge in [0.05, 0.1) is 33.7 Å². The Bertz CT molecular complexity index is 468. The number of carbonyl (C=O) groups is 2. The summed E-state index contributed by atoms with van der Waals surface area (Å²) >= 11 is 0. The number of quaternary nitrogens is 1. The summed E-state index contributed by atoms with van der Waals surface area (Å²) in [4.78, 5) is 23.0. The highest BCUT2D eigenvalue weighted by atomic mass is 35.5. The Morgan fingerprint density at radius 2 is 1.25 bits per heavy atom. The Balaban J connectivity index is 0. The van der Waals surface area contributed by atoms with Gasteiger partial charge < -0.3 is 24.2 Å². The van der Waals surface area contributed by atoms with E-state index in [1.807, 2.05) is 21.1 Å². The highest BCUT2D eigenvalue weighted by Gasteiger charge is 2.23.